The van der Waals surface area contributed by atoms with Crippen LogP contribution in [0.4, 0.5) is 0 Å². The van der Waals surface area contributed by atoms with Gasteiger partial charge in [0.25, 0.3) is 5.91 Å². The Hall–Kier alpha value is -2.05. The molecule has 0 unspecified atom stereocenters. The normalized spacial score (nSPS) is 18.7. The molecule has 1 fully saturated rings. The summed E-state index contributed by atoms with van der Waals surface area (Å²) in [4.78, 5) is 20.6. The molecule has 1 saturated carbocycles. The standard InChI is InChI=1S/C23H22Cl3N3O2/c24-14-7-5-13(6-8-14)11-19-21(16-10-9-15(25)12-17(16)26)29-22(27-19)23(31)28-18-3-1-2-4-20(18)30/h5-10,12,18,20,30H,1-4,11H2,(H,27,29)(H,28,31)/t18-,20-/m1/s1. The molecule has 31 heavy (non-hydrogen) atoms. The molecule has 1 aliphatic carbocycles. The van der Waals surface area contributed by atoms with Gasteiger partial charge >= 0.3 is 0 Å². The number of imidazole rings is 1. The Morgan fingerprint density at radius 2 is 1.77 bits per heavy atom. The maximum atomic E-state index is 12.9. The Balaban J connectivity index is 1.67. The lowest BCUT2D eigenvalue weighted by Crippen LogP contribution is -2.45. The number of nitrogens with one attached hydrogen (secondary N) is 2. The summed E-state index contributed by atoms with van der Waals surface area (Å²) >= 11 is 18.5. The molecule has 2 atom stereocenters. The summed E-state index contributed by atoms with van der Waals surface area (Å²) in [5.41, 5.74) is 3.03. The third kappa shape index (κ3) is 5.24. The zero-order valence-electron chi connectivity index (χ0n) is 16.7. The number of carbonyl (C=O) groups excluding carboxylic acids is 1. The third-order valence-corrected chi connectivity index (χ3v) is 6.32. The summed E-state index contributed by atoms with van der Waals surface area (Å²) in [6.07, 6.45) is 3.37. The van der Waals surface area contributed by atoms with Crippen LogP contribution in [0.3, 0.4) is 0 Å². The fraction of sp³-hybridized carbons (Fsp3) is 0.304. The number of hydrogen-bond acceptors (Lipinski definition) is 3. The molecule has 1 amide bonds. The van der Waals surface area contributed by atoms with E-state index in [1.54, 1.807) is 18.2 Å². The maximum Gasteiger partial charge on any atom is 0.287 e. The minimum atomic E-state index is -0.536. The molecular formula is C23H22Cl3N3O2. The molecular weight excluding hydrogens is 457 g/mol. The second-order valence-corrected chi connectivity index (χ2v) is 9.05. The van der Waals surface area contributed by atoms with E-state index in [1.807, 2.05) is 24.3 Å². The smallest absolute Gasteiger partial charge is 0.287 e. The molecule has 0 bridgehead atoms. The van der Waals surface area contributed by atoms with Gasteiger partial charge in [0.1, 0.15) is 0 Å². The van der Waals surface area contributed by atoms with Crippen molar-refractivity contribution in [3.05, 3.63) is 74.6 Å². The molecule has 4 rings (SSSR count). The molecule has 1 aliphatic rings. The van der Waals surface area contributed by atoms with Crippen molar-refractivity contribution < 1.29 is 9.90 Å². The van der Waals surface area contributed by atoms with Gasteiger partial charge in [-0.1, -0.05) is 59.8 Å². The summed E-state index contributed by atoms with van der Waals surface area (Å²) < 4.78 is 0. The topological polar surface area (TPSA) is 78.0 Å². The molecule has 1 aromatic heterocycles. The van der Waals surface area contributed by atoms with Crippen LogP contribution in [-0.4, -0.2) is 33.1 Å². The van der Waals surface area contributed by atoms with Crippen molar-refractivity contribution in [2.45, 2.75) is 44.2 Å². The van der Waals surface area contributed by atoms with Gasteiger partial charge in [-0.25, -0.2) is 4.98 Å². The van der Waals surface area contributed by atoms with E-state index in [2.05, 4.69) is 15.3 Å². The highest BCUT2D eigenvalue weighted by atomic mass is 35.5. The summed E-state index contributed by atoms with van der Waals surface area (Å²) in [5.74, 6) is -0.164. The Labute approximate surface area is 195 Å². The monoisotopic (exact) mass is 477 g/mol. The van der Waals surface area contributed by atoms with Crippen LogP contribution in [0, 0.1) is 0 Å². The first-order valence-corrected chi connectivity index (χ1v) is 11.3. The molecule has 0 radical (unpaired) electrons. The number of amides is 1. The van der Waals surface area contributed by atoms with Gasteiger partial charge in [-0.05, 0) is 48.7 Å². The fourth-order valence-electron chi connectivity index (χ4n) is 3.87. The van der Waals surface area contributed by atoms with Crippen LogP contribution in [-0.2, 0) is 6.42 Å². The van der Waals surface area contributed by atoms with Crippen LogP contribution < -0.4 is 5.32 Å². The van der Waals surface area contributed by atoms with Crippen molar-refractivity contribution in [3.63, 3.8) is 0 Å². The predicted octanol–water partition coefficient (Wildman–Crippen LogP) is 5.66. The van der Waals surface area contributed by atoms with Gasteiger partial charge in [0.15, 0.2) is 5.82 Å². The van der Waals surface area contributed by atoms with E-state index in [0.29, 0.717) is 39.2 Å². The fourth-order valence-corrected chi connectivity index (χ4v) is 4.50. The quantitative estimate of drug-likeness (QED) is 0.443. The van der Waals surface area contributed by atoms with Crippen LogP contribution in [0.2, 0.25) is 15.1 Å². The number of aromatic nitrogens is 2. The lowest BCUT2D eigenvalue weighted by Gasteiger charge is -2.27. The third-order valence-electron chi connectivity index (χ3n) is 5.52. The molecule has 0 spiro atoms. The Kier molecular flexibility index (Phi) is 6.87. The largest absolute Gasteiger partial charge is 0.391 e. The molecule has 8 heteroatoms. The number of carbonyl (C=O) groups is 1. The highest BCUT2D eigenvalue weighted by Crippen LogP contribution is 2.32. The molecule has 0 saturated heterocycles. The second-order valence-electron chi connectivity index (χ2n) is 7.77. The van der Waals surface area contributed by atoms with Gasteiger partial charge in [-0.3, -0.25) is 4.79 Å². The van der Waals surface area contributed by atoms with Gasteiger partial charge in [0, 0.05) is 27.7 Å². The number of rotatable bonds is 5. The number of aromatic amines is 1. The summed E-state index contributed by atoms with van der Waals surface area (Å²) in [6, 6.07) is 12.4. The Bertz CT molecular complexity index is 1080. The lowest BCUT2D eigenvalue weighted by atomic mass is 9.92. The van der Waals surface area contributed by atoms with E-state index < -0.39 is 6.10 Å². The predicted molar refractivity (Wildman–Crippen MR) is 124 cm³/mol. The van der Waals surface area contributed by atoms with E-state index in [1.165, 1.54) is 0 Å². The zero-order chi connectivity index (χ0) is 22.0. The van der Waals surface area contributed by atoms with Crippen molar-refractivity contribution in [3.8, 4) is 11.3 Å². The minimum absolute atomic E-state index is 0.183. The average Bonchev–Trinajstić information content (AvgIpc) is 3.15. The van der Waals surface area contributed by atoms with Crippen LogP contribution >= 0.6 is 34.8 Å². The van der Waals surface area contributed by atoms with Gasteiger partial charge in [0.2, 0.25) is 0 Å². The van der Waals surface area contributed by atoms with Crippen LogP contribution in [0.1, 0.15) is 47.6 Å². The highest BCUT2D eigenvalue weighted by Gasteiger charge is 2.27. The van der Waals surface area contributed by atoms with E-state index in [9.17, 15) is 9.90 Å². The Morgan fingerprint density at radius 1 is 1.06 bits per heavy atom. The van der Waals surface area contributed by atoms with Gasteiger partial charge in [0.05, 0.1) is 22.9 Å². The molecule has 162 valence electrons. The first kappa shape index (κ1) is 22.2. The number of benzene rings is 2. The van der Waals surface area contributed by atoms with E-state index in [-0.39, 0.29) is 17.8 Å². The minimum Gasteiger partial charge on any atom is -0.391 e. The number of halogens is 3. The molecule has 3 aromatic rings. The molecule has 2 aromatic carbocycles. The summed E-state index contributed by atoms with van der Waals surface area (Å²) in [6.45, 7) is 0. The average molecular weight is 479 g/mol. The first-order valence-electron chi connectivity index (χ1n) is 10.2. The number of aliphatic hydroxyl groups is 1. The van der Waals surface area contributed by atoms with Gasteiger partial charge in [-0.15, -0.1) is 0 Å². The zero-order valence-corrected chi connectivity index (χ0v) is 18.9. The highest BCUT2D eigenvalue weighted by molar-refractivity contribution is 6.36. The first-order chi connectivity index (χ1) is 14.9. The van der Waals surface area contributed by atoms with Crippen LogP contribution in [0.5, 0.6) is 0 Å². The van der Waals surface area contributed by atoms with Crippen molar-refractivity contribution in [2.75, 3.05) is 0 Å². The molecule has 0 aliphatic heterocycles. The van der Waals surface area contributed by atoms with Crippen molar-refractivity contribution in [1.82, 2.24) is 15.3 Å². The van der Waals surface area contributed by atoms with Crippen molar-refractivity contribution in [2.24, 2.45) is 0 Å². The lowest BCUT2D eigenvalue weighted by molar-refractivity contribution is 0.0710. The number of nitrogens with zero attached hydrogens (tertiary/aromatic N) is 1. The molecule has 5 nitrogen and oxygen atoms in total. The second kappa shape index (κ2) is 9.61. The number of hydrogen-bond donors (Lipinski definition) is 3. The molecule has 3 N–H and O–H groups in total. The van der Waals surface area contributed by atoms with E-state index in [4.69, 9.17) is 34.8 Å². The van der Waals surface area contributed by atoms with Crippen molar-refractivity contribution >= 4 is 40.7 Å². The van der Waals surface area contributed by atoms with E-state index >= 15 is 0 Å². The van der Waals surface area contributed by atoms with Gasteiger partial charge in [-0.2, -0.15) is 0 Å². The summed E-state index contributed by atoms with van der Waals surface area (Å²) in [5, 5.41) is 14.7. The molecule has 1 heterocycles. The van der Waals surface area contributed by atoms with Crippen LogP contribution in [0.15, 0.2) is 42.5 Å². The van der Waals surface area contributed by atoms with Crippen molar-refractivity contribution in [1.29, 1.82) is 0 Å². The number of aliphatic hydroxyl groups excluding tert-OH is 1. The Morgan fingerprint density at radius 3 is 2.48 bits per heavy atom. The number of H-pyrrole nitrogens is 1. The van der Waals surface area contributed by atoms with Gasteiger partial charge < -0.3 is 15.4 Å². The van der Waals surface area contributed by atoms with E-state index in [0.717, 1.165) is 30.5 Å². The maximum absolute atomic E-state index is 12.9. The SMILES string of the molecule is O=C(N[C@@H]1CCCC[C@H]1O)c1nc(-c2ccc(Cl)cc2Cl)c(Cc2ccc(Cl)cc2)[nH]1. The van der Waals surface area contributed by atoms with Crippen LogP contribution in [0.25, 0.3) is 11.3 Å². The summed E-state index contributed by atoms with van der Waals surface area (Å²) in [7, 11) is 0.